The molecule has 0 spiro atoms. The van der Waals surface area contributed by atoms with Crippen molar-refractivity contribution in [3.8, 4) is 0 Å². The van der Waals surface area contributed by atoms with Crippen molar-refractivity contribution in [1.82, 2.24) is 4.90 Å². The average molecular weight is 245 g/mol. The van der Waals surface area contributed by atoms with Crippen LogP contribution in [0.3, 0.4) is 0 Å². The van der Waals surface area contributed by atoms with E-state index in [1.54, 1.807) is 0 Å². The van der Waals surface area contributed by atoms with Crippen molar-refractivity contribution in [1.29, 1.82) is 0 Å². The molecule has 2 atom stereocenters. The van der Waals surface area contributed by atoms with E-state index >= 15 is 0 Å². The Kier molecular flexibility index (Phi) is 1.79. The van der Waals surface area contributed by atoms with E-state index in [2.05, 4.69) is 30.0 Å². The van der Waals surface area contributed by atoms with Crippen molar-refractivity contribution in [2.75, 3.05) is 0 Å². The quantitative estimate of drug-likeness (QED) is 0.639. The summed E-state index contributed by atoms with van der Waals surface area (Å²) in [5, 5.41) is 0.856. The van der Waals surface area contributed by atoms with Crippen LogP contribution >= 0.6 is 11.6 Å². The number of halogens is 1. The molecule has 1 saturated heterocycles. The third-order valence-corrected chi connectivity index (χ3v) is 4.30. The van der Waals surface area contributed by atoms with Gasteiger partial charge in [-0.15, -0.1) is 0 Å². The molecule has 1 aromatic rings. The largest absolute Gasteiger partial charge is 0.349 e. The Morgan fingerprint density at radius 2 is 2.24 bits per heavy atom. The number of aryl methyl sites for hydroxylation is 1. The molecule has 0 aromatic heterocycles. The fourth-order valence-electron chi connectivity index (χ4n) is 3.13. The Hall–Kier alpha value is -1.28. The molecule has 0 N–H and O–H groups in total. The van der Waals surface area contributed by atoms with Gasteiger partial charge in [0.15, 0.2) is 0 Å². The standard InChI is InChI=1S/C14H13ClN2/c1-8-4-12(15)11-7-17-10-3-2-9(6-10)14(17)16-13(11)5-8/h2-5,9-10H,6-7H2,1H3. The van der Waals surface area contributed by atoms with Crippen LogP contribution in [0.5, 0.6) is 0 Å². The van der Waals surface area contributed by atoms with Crippen LogP contribution < -0.4 is 0 Å². The van der Waals surface area contributed by atoms with Crippen LogP contribution in [-0.2, 0) is 6.54 Å². The van der Waals surface area contributed by atoms with Crippen molar-refractivity contribution in [2.45, 2.75) is 25.9 Å². The molecular weight excluding hydrogens is 232 g/mol. The third kappa shape index (κ3) is 1.25. The molecule has 2 aliphatic heterocycles. The first-order chi connectivity index (χ1) is 8.22. The molecule has 1 aromatic carbocycles. The summed E-state index contributed by atoms with van der Waals surface area (Å²) < 4.78 is 0. The van der Waals surface area contributed by atoms with E-state index < -0.39 is 0 Å². The Balaban J connectivity index is 1.90. The highest BCUT2D eigenvalue weighted by atomic mass is 35.5. The number of amidine groups is 1. The predicted molar refractivity (Wildman–Crippen MR) is 69.9 cm³/mol. The first kappa shape index (κ1) is 9.72. The minimum atomic E-state index is 0.535. The van der Waals surface area contributed by atoms with Crippen LogP contribution in [0.1, 0.15) is 17.5 Å². The van der Waals surface area contributed by atoms with Gasteiger partial charge in [-0.3, -0.25) is 0 Å². The molecule has 3 heteroatoms. The van der Waals surface area contributed by atoms with Gasteiger partial charge in [-0.05, 0) is 31.0 Å². The van der Waals surface area contributed by atoms with Crippen LogP contribution in [-0.4, -0.2) is 16.8 Å². The van der Waals surface area contributed by atoms with Gasteiger partial charge >= 0.3 is 0 Å². The lowest BCUT2D eigenvalue weighted by atomic mass is 10.0. The lowest BCUT2D eigenvalue weighted by Crippen LogP contribution is -2.36. The second-order valence-corrected chi connectivity index (χ2v) is 5.54. The van der Waals surface area contributed by atoms with E-state index in [9.17, 15) is 0 Å². The fraction of sp³-hybridized carbons (Fsp3) is 0.357. The molecule has 0 saturated carbocycles. The second-order valence-electron chi connectivity index (χ2n) is 5.14. The number of fused-ring (bicyclic) bond motifs is 6. The summed E-state index contributed by atoms with van der Waals surface area (Å²) in [6.07, 6.45) is 5.79. The molecule has 0 radical (unpaired) electrons. The topological polar surface area (TPSA) is 15.6 Å². The molecule has 2 heterocycles. The molecule has 3 aliphatic rings. The SMILES string of the molecule is Cc1cc(Cl)c2c(c1)N=C1C3C=CC(C3)N1C2. The highest BCUT2D eigenvalue weighted by Gasteiger charge is 2.41. The van der Waals surface area contributed by atoms with E-state index in [-0.39, 0.29) is 0 Å². The summed E-state index contributed by atoms with van der Waals surface area (Å²) in [6.45, 7) is 2.98. The molecule has 2 bridgehead atoms. The van der Waals surface area contributed by atoms with E-state index in [1.807, 2.05) is 6.07 Å². The number of benzene rings is 1. The molecule has 2 unspecified atom stereocenters. The van der Waals surface area contributed by atoms with Gasteiger partial charge in [-0.25, -0.2) is 4.99 Å². The lowest BCUT2D eigenvalue weighted by Gasteiger charge is -2.32. The number of rotatable bonds is 0. The summed E-state index contributed by atoms with van der Waals surface area (Å²) in [4.78, 5) is 7.22. The summed E-state index contributed by atoms with van der Waals surface area (Å²) in [6, 6.07) is 4.72. The molecule has 1 aliphatic carbocycles. The normalized spacial score (nSPS) is 28.1. The van der Waals surface area contributed by atoms with Crippen LogP contribution in [0, 0.1) is 12.8 Å². The summed E-state index contributed by atoms with van der Waals surface area (Å²) in [5.74, 6) is 1.78. The Bertz CT molecular complexity index is 574. The van der Waals surface area contributed by atoms with Gasteiger partial charge in [0, 0.05) is 29.1 Å². The lowest BCUT2D eigenvalue weighted by molar-refractivity contribution is 0.378. The van der Waals surface area contributed by atoms with E-state index in [0.717, 1.165) is 17.3 Å². The molecule has 2 nitrogen and oxygen atoms in total. The van der Waals surface area contributed by atoms with Crippen molar-refractivity contribution >= 4 is 23.1 Å². The van der Waals surface area contributed by atoms with E-state index in [0.29, 0.717) is 12.0 Å². The smallest absolute Gasteiger partial charge is 0.113 e. The maximum Gasteiger partial charge on any atom is 0.113 e. The van der Waals surface area contributed by atoms with Crippen molar-refractivity contribution in [2.24, 2.45) is 10.9 Å². The van der Waals surface area contributed by atoms with Crippen LogP contribution in [0.15, 0.2) is 29.3 Å². The highest BCUT2D eigenvalue weighted by Crippen LogP contribution is 2.42. The Morgan fingerprint density at radius 3 is 3.12 bits per heavy atom. The number of aliphatic imine (C=N–C) groups is 1. The zero-order chi connectivity index (χ0) is 11.6. The van der Waals surface area contributed by atoms with Gasteiger partial charge in [-0.2, -0.15) is 0 Å². The molecule has 4 rings (SSSR count). The summed E-state index contributed by atoms with van der Waals surface area (Å²) in [5.41, 5.74) is 3.44. The summed E-state index contributed by atoms with van der Waals surface area (Å²) >= 11 is 6.33. The van der Waals surface area contributed by atoms with Crippen molar-refractivity contribution < 1.29 is 0 Å². The third-order valence-electron chi connectivity index (χ3n) is 3.97. The van der Waals surface area contributed by atoms with Gasteiger partial charge in [0.05, 0.1) is 5.69 Å². The Morgan fingerprint density at radius 1 is 1.35 bits per heavy atom. The minimum absolute atomic E-state index is 0.535. The van der Waals surface area contributed by atoms with Crippen molar-refractivity contribution in [3.05, 3.63) is 40.4 Å². The Labute approximate surface area is 106 Å². The molecule has 1 fully saturated rings. The van der Waals surface area contributed by atoms with Gasteiger partial charge < -0.3 is 4.90 Å². The first-order valence-corrected chi connectivity index (χ1v) is 6.43. The minimum Gasteiger partial charge on any atom is -0.349 e. The van der Waals surface area contributed by atoms with Crippen LogP contribution in [0.25, 0.3) is 0 Å². The van der Waals surface area contributed by atoms with E-state index in [1.165, 1.54) is 23.4 Å². The van der Waals surface area contributed by atoms with Gasteiger partial charge in [0.1, 0.15) is 5.84 Å². The van der Waals surface area contributed by atoms with Crippen molar-refractivity contribution in [3.63, 3.8) is 0 Å². The number of hydrogen-bond acceptors (Lipinski definition) is 2. The fourth-order valence-corrected chi connectivity index (χ4v) is 3.46. The average Bonchev–Trinajstić information content (AvgIpc) is 2.87. The highest BCUT2D eigenvalue weighted by molar-refractivity contribution is 6.32. The maximum atomic E-state index is 6.33. The van der Waals surface area contributed by atoms with Gasteiger partial charge in [0.2, 0.25) is 0 Å². The molecular formula is C14H13ClN2. The number of hydrogen-bond donors (Lipinski definition) is 0. The second kappa shape index (κ2) is 3.14. The monoisotopic (exact) mass is 244 g/mol. The first-order valence-electron chi connectivity index (χ1n) is 6.05. The molecule has 86 valence electrons. The van der Waals surface area contributed by atoms with Crippen LogP contribution in [0.4, 0.5) is 5.69 Å². The predicted octanol–water partition coefficient (Wildman–Crippen LogP) is 3.45. The van der Waals surface area contributed by atoms with Gasteiger partial charge in [0.25, 0.3) is 0 Å². The number of nitrogens with zero attached hydrogens (tertiary/aromatic N) is 2. The zero-order valence-corrected chi connectivity index (χ0v) is 10.4. The van der Waals surface area contributed by atoms with Gasteiger partial charge in [-0.1, -0.05) is 23.8 Å². The summed E-state index contributed by atoms with van der Waals surface area (Å²) in [7, 11) is 0. The molecule has 17 heavy (non-hydrogen) atoms. The van der Waals surface area contributed by atoms with E-state index in [4.69, 9.17) is 16.6 Å². The zero-order valence-electron chi connectivity index (χ0n) is 9.65. The maximum absolute atomic E-state index is 6.33. The molecule has 0 amide bonds. The van der Waals surface area contributed by atoms with Crippen LogP contribution in [0.2, 0.25) is 5.02 Å².